The van der Waals surface area contributed by atoms with Gasteiger partial charge in [0.15, 0.2) is 0 Å². The molecule has 1 aliphatic heterocycles. The van der Waals surface area contributed by atoms with Crippen molar-refractivity contribution in [2.24, 2.45) is 5.92 Å². The number of sulfonamides is 1. The number of nitrogens with zero attached hydrogens (tertiary/aromatic N) is 2. The van der Waals surface area contributed by atoms with Gasteiger partial charge in [0, 0.05) is 32.1 Å². The maximum atomic E-state index is 12.9. The topological polar surface area (TPSA) is 66.9 Å². The van der Waals surface area contributed by atoms with Crippen LogP contribution in [0.25, 0.3) is 0 Å². The molecule has 2 aliphatic rings. The van der Waals surface area contributed by atoms with Crippen molar-refractivity contribution in [3.05, 3.63) is 23.8 Å². The standard InChI is InChI=1S/C17H24N2O4S/c1-3-13-12-15(6-7-16(13)23-2)24(21,22)19-10-8-18(9-11-19)17(20)14-4-5-14/h6-7,12,14H,3-5,8-11H2,1-2H3. The molecule has 0 N–H and O–H groups in total. The number of carbonyl (C=O) groups excluding carboxylic acids is 1. The number of methoxy groups -OCH3 is 1. The fourth-order valence-electron chi connectivity index (χ4n) is 3.08. The number of ether oxygens (including phenoxy) is 1. The summed E-state index contributed by atoms with van der Waals surface area (Å²) >= 11 is 0. The summed E-state index contributed by atoms with van der Waals surface area (Å²) < 4.78 is 32.5. The first-order chi connectivity index (χ1) is 11.5. The summed E-state index contributed by atoms with van der Waals surface area (Å²) in [5.74, 6) is 1.07. The zero-order valence-corrected chi connectivity index (χ0v) is 15.0. The first-order valence-corrected chi connectivity index (χ1v) is 9.87. The SMILES string of the molecule is CCc1cc(S(=O)(=O)N2CCN(C(=O)C3CC3)CC2)ccc1OC. The van der Waals surface area contributed by atoms with Gasteiger partial charge in [-0.2, -0.15) is 4.31 Å². The van der Waals surface area contributed by atoms with Crippen molar-refractivity contribution in [2.75, 3.05) is 33.3 Å². The molecular weight excluding hydrogens is 328 g/mol. The molecule has 0 aromatic heterocycles. The predicted molar refractivity (Wildman–Crippen MR) is 90.4 cm³/mol. The predicted octanol–water partition coefficient (Wildman–Crippen LogP) is 1.50. The van der Waals surface area contributed by atoms with E-state index in [0.29, 0.717) is 43.2 Å². The second-order valence-electron chi connectivity index (χ2n) is 6.33. The molecule has 24 heavy (non-hydrogen) atoms. The Bertz CT molecular complexity index is 720. The number of aryl methyl sites for hydroxylation is 1. The summed E-state index contributed by atoms with van der Waals surface area (Å²) in [4.78, 5) is 14.2. The molecule has 1 saturated carbocycles. The Morgan fingerprint density at radius 3 is 2.42 bits per heavy atom. The summed E-state index contributed by atoms with van der Waals surface area (Å²) in [6.45, 7) is 3.63. The Morgan fingerprint density at radius 1 is 1.21 bits per heavy atom. The molecule has 1 heterocycles. The van der Waals surface area contributed by atoms with E-state index in [1.54, 1.807) is 30.2 Å². The zero-order valence-electron chi connectivity index (χ0n) is 14.2. The monoisotopic (exact) mass is 352 g/mol. The fourth-order valence-corrected chi connectivity index (χ4v) is 4.55. The van der Waals surface area contributed by atoms with Gasteiger partial charge in [0.25, 0.3) is 0 Å². The van der Waals surface area contributed by atoms with E-state index in [1.807, 2.05) is 6.92 Å². The molecule has 0 spiro atoms. The van der Waals surface area contributed by atoms with Crippen LogP contribution in [0.3, 0.4) is 0 Å². The van der Waals surface area contributed by atoms with Crippen molar-refractivity contribution in [1.82, 2.24) is 9.21 Å². The van der Waals surface area contributed by atoms with Gasteiger partial charge in [0.2, 0.25) is 15.9 Å². The second kappa shape index (κ2) is 6.72. The lowest BCUT2D eigenvalue weighted by atomic mass is 10.1. The summed E-state index contributed by atoms with van der Waals surface area (Å²) in [5.41, 5.74) is 0.876. The van der Waals surface area contributed by atoms with Gasteiger partial charge in [0.1, 0.15) is 5.75 Å². The minimum absolute atomic E-state index is 0.182. The Balaban J connectivity index is 1.73. The van der Waals surface area contributed by atoms with Gasteiger partial charge < -0.3 is 9.64 Å². The van der Waals surface area contributed by atoms with Crippen molar-refractivity contribution in [2.45, 2.75) is 31.1 Å². The quantitative estimate of drug-likeness (QED) is 0.805. The summed E-state index contributed by atoms with van der Waals surface area (Å²) in [6.07, 6.45) is 2.65. The van der Waals surface area contributed by atoms with Crippen molar-refractivity contribution in [3.8, 4) is 5.75 Å². The van der Waals surface area contributed by atoms with Gasteiger partial charge in [-0.1, -0.05) is 6.92 Å². The van der Waals surface area contributed by atoms with Crippen LogP contribution in [0, 0.1) is 5.92 Å². The first kappa shape index (κ1) is 17.2. The molecule has 0 unspecified atom stereocenters. The molecule has 1 aromatic carbocycles. The molecule has 1 aromatic rings. The van der Waals surface area contributed by atoms with E-state index in [0.717, 1.165) is 18.4 Å². The molecule has 0 radical (unpaired) electrons. The number of carbonyl (C=O) groups is 1. The number of benzene rings is 1. The highest BCUT2D eigenvalue weighted by Crippen LogP contribution is 2.32. The summed E-state index contributed by atoms with van der Waals surface area (Å²) in [5, 5.41) is 0. The minimum Gasteiger partial charge on any atom is -0.496 e. The van der Waals surface area contributed by atoms with Gasteiger partial charge in [-0.15, -0.1) is 0 Å². The van der Waals surface area contributed by atoms with E-state index >= 15 is 0 Å². The number of rotatable bonds is 5. The third-order valence-corrected chi connectivity index (χ3v) is 6.64. The van der Waals surface area contributed by atoms with Crippen molar-refractivity contribution in [3.63, 3.8) is 0 Å². The molecule has 6 nitrogen and oxygen atoms in total. The Labute approximate surface area is 143 Å². The smallest absolute Gasteiger partial charge is 0.243 e. The average molecular weight is 352 g/mol. The summed E-state index contributed by atoms with van der Waals surface area (Å²) in [7, 11) is -1.95. The van der Waals surface area contributed by atoms with Crippen molar-refractivity contribution >= 4 is 15.9 Å². The number of piperazine rings is 1. The Morgan fingerprint density at radius 2 is 1.88 bits per heavy atom. The third kappa shape index (κ3) is 3.28. The third-order valence-electron chi connectivity index (χ3n) is 4.75. The number of hydrogen-bond donors (Lipinski definition) is 0. The highest BCUT2D eigenvalue weighted by Gasteiger charge is 2.36. The van der Waals surface area contributed by atoms with Crippen LogP contribution in [-0.4, -0.2) is 56.8 Å². The van der Waals surface area contributed by atoms with Crippen LogP contribution in [0.2, 0.25) is 0 Å². The van der Waals surface area contributed by atoms with Crippen LogP contribution in [0.4, 0.5) is 0 Å². The van der Waals surface area contributed by atoms with Crippen LogP contribution in [-0.2, 0) is 21.2 Å². The van der Waals surface area contributed by atoms with Crippen LogP contribution in [0.5, 0.6) is 5.75 Å². The second-order valence-corrected chi connectivity index (χ2v) is 8.27. The molecule has 2 fully saturated rings. The molecule has 132 valence electrons. The molecular formula is C17H24N2O4S. The minimum atomic E-state index is -3.53. The lowest BCUT2D eigenvalue weighted by molar-refractivity contribution is -0.133. The van der Waals surface area contributed by atoms with Crippen molar-refractivity contribution < 1.29 is 17.9 Å². The average Bonchev–Trinajstić information content (AvgIpc) is 3.45. The van der Waals surface area contributed by atoms with E-state index in [9.17, 15) is 13.2 Å². The van der Waals surface area contributed by atoms with Gasteiger partial charge in [-0.3, -0.25) is 4.79 Å². The van der Waals surface area contributed by atoms with Gasteiger partial charge >= 0.3 is 0 Å². The van der Waals surface area contributed by atoms with Crippen LogP contribution in [0.1, 0.15) is 25.3 Å². The lowest BCUT2D eigenvalue weighted by Gasteiger charge is -2.34. The first-order valence-electron chi connectivity index (χ1n) is 8.43. The van der Waals surface area contributed by atoms with Crippen LogP contribution in [0.15, 0.2) is 23.1 Å². The van der Waals surface area contributed by atoms with E-state index in [-0.39, 0.29) is 11.8 Å². The maximum Gasteiger partial charge on any atom is 0.243 e. The number of hydrogen-bond acceptors (Lipinski definition) is 4. The molecule has 1 aliphatic carbocycles. The Hall–Kier alpha value is -1.60. The van der Waals surface area contributed by atoms with E-state index < -0.39 is 10.0 Å². The maximum absolute atomic E-state index is 12.9. The van der Waals surface area contributed by atoms with Crippen molar-refractivity contribution in [1.29, 1.82) is 0 Å². The molecule has 1 saturated heterocycles. The molecule has 7 heteroatoms. The molecule has 0 atom stereocenters. The van der Waals surface area contributed by atoms with Gasteiger partial charge in [-0.25, -0.2) is 8.42 Å². The van der Waals surface area contributed by atoms with Crippen LogP contribution >= 0.6 is 0 Å². The summed E-state index contributed by atoms with van der Waals surface area (Å²) in [6, 6.07) is 4.99. The van der Waals surface area contributed by atoms with Gasteiger partial charge in [-0.05, 0) is 43.0 Å². The zero-order chi connectivity index (χ0) is 17.3. The van der Waals surface area contributed by atoms with E-state index in [2.05, 4.69) is 0 Å². The van der Waals surface area contributed by atoms with Gasteiger partial charge in [0.05, 0.1) is 12.0 Å². The normalized spacial score (nSPS) is 19.3. The van der Waals surface area contributed by atoms with Crippen LogP contribution < -0.4 is 4.74 Å². The highest BCUT2D eigenvalue weighted by molar-refractivity contribution is 7.89. The Kier molecular flexibility index (Phi) is 4.83. The number of amides is 1. The van der Waals surface area contributed by atoms with E-state index in [4.69, 9.17) is 4.74 Å². The van der Waals surface area contributed by atoms with E-state index in [1.165, 1.54) is 4.31 Å². The fraction of sp³-hybridized carbons (Fsp3) is 0.588. The molecule has 3 rings (SSSR count). The largest absolute Gasteiger partial charge is 0.496 e. The highest BCUT2D eigenvalue weighted by atomic mass is 32.2. The molecule has 1 amide bonds. The molecule has 0 bridgehead atoms. The lowest BCUT2D eigenvalue weighted by Crippen LogP contribution is -2.50.